The Hall–Kier alpha value is -1.34. The van der Waals surface area contributed by atoms with Crippen LogP contribution in [-0.2, 0) is 14.3 Å². The molecule has 1 atom stereocenters. The molecule has 1 fully saturated rings. The first-order chi connectivity index (χ1) is 9.50. The number of urea groups is 1. The minimum Gasteiger partial charge on any atom is -0.481 e. The molecule has 1 unspecified atom stereocenters. The van der Waals surface area contributed by atoms with Gasteiger partial charge in [0.1, 0.15) is 0 Å². The quantitative estimate of drug-likeness (QED) is 0.632. The second kappa shape index (κ2) is 8.06. The monoisotopic (exact) mass is 288 g/mol. The summed E-state index contributed by atoms with van der Waals surface area (Å²) in [6, 6.07) is -0.347. The van der Waals surface area contributed by atoms with Crippen LogP contribution >= 0.6 is 0 Å². The Morgan fingerprint density at radius 2 is 2.00 bits per heavy atom. The molecule has 0 spiro atoms. The molecule has 1 aliphatic heterocycles. The summed E-state index contributed by atoms with van der Waals surface area (Å²) in [5, 5.41) is 14.7. The number of rotatable bonds is 7. The van der Waals surface area contributed by atoms with Crippen LogP contribution in [0.2, 0.25) is 0 Å². The molecule has 116 valence electrons. The van der Waals surface area contributed by atoms with Gasteiger partial charge in [-0.25, -0.2) is 4.79 Å². The molecule has 3 N–H and O–H groups in total. The number of hydrogen-bond donors (Lipinski definition) is 3. The van der Waals surface area contributed by atoms with E-state index in [1.807, 2.05) is 6.92 Å². The summed E-state index contributed by atoms with van der Waals surface area (Å²) in [5.41, 5.74) is -0.909. The Morgan fingerprint density at radius 1 is 1.35 bits per heavy atom. The third-order valence-corrected chi connectivity index (χ3v) is 3.55. The van der Waals surface area contributed by atoms with E-state index in [-0.39, 0.29) is 18.5 Å². The summed E-state index contributed by atoms with van der Waals surface area (Å²) in [6.45, 7) is 3.97. The van der Waals surface area contributed by atoms with E-state index in [0.717, 1.165) is 0 Å². The maximum absolute atomic E-state index is 11.7. The van der Waals surface area contributed by atoms with Crippen LogP contribution in [0.1, 0.15) is 19.8 Å². The van der Waals surface area contributed by atoms with E-state index in [0.29, 0.717) is 39.2 Å². The molecule has 1 rings (SSSR count). The Bertz CT molecular complexity index is 329. The number of hydrogen-bond acceptors (Lipinski definition) is 4. The lowest BCUT2D eigenvalue weighted by molar-refractivity contribution is -0.154. The number of carboxylic acid groups (broad SMARTS) is 1. The van der Waals surface area contributed by atoms with Crippen molar-refractivity contribution >= 4 is 12.0 Å². The molecular formula is C13H24N2O5. The molecule has 0 aromatic carbocycles. The van der Waals surface area contributed by atoms with Gasteiger partial charge in [0.05, 0.1) is 12.0 Å². The van der Waals surface area contributed by atoms with Crippen LogP contribution < -0.4 is 10.6 Å². The van der Waals surface area contributed by atoms with E-state index >= 15 is 0 Å². The highest BCUT2D eigenvalue weighted by Gasteiger charge is 2.40. The summed E-state index contributed by atoms with van der Waals surface area (Å²) < 4.78 is 10.2. The molecule has 0 aliphatic carbocycles. The van der Waals surface area contributed by atoms with Gasteiger partial charge < -0.3 is 25.2 Å². The van der Waals surface area contributed by atoms with Crippen molar-refractivity contribution in [3.63, 3.8) is 0 Å². The van der Waals surface area contributed by atoms with Crippen LogP contribution in [0.3, 0.4) is 0 Å². The Balaban J connectivity index is 2.36. The Labute approximate surface area is 119 Å². The van der Waals surface area contributed by atoms with Gasteiger partial charge in [-0.05, 0) is 18.8 Å². The van der Waals surface area contributed by atoms with Gasteiger partial charge in [0, 0.05) is 33.4 Å². The smallest absolute Gasteiger partial charge is 0.314 e. The Morgan fingerprint density at radius 3 is 2.55 bits per heavy atom. The highest BCUT2D eigenvalue weighted by atomic mass is 16.5. The molecule has 7 heteroatoms. The van der Waals surface area contributed by atoms with E-state index in [4.69, 9.17) is 9.47 Å². The molecule has 0 aromatic rings. The van der Waals surface area contributed by atoms with E-state index in [1.165, 1.54) is 0 Å². The standard InChI is InChI=1S/C13H24N2O5/c1-10(8-19-2)7-14-12(18)15-9-13(11(16)17)3-5-20-6-4-13/h10H,3-9H2,1-2H3,(H,16,17)(H2,14,15,18). The number of carbonyl (C=O) groups excluding carboxylic acids is 1. The number of amides is 2. The minimum atomic E-state index is -0.909. The molecule has 7 nitrogen and oxygen atoms in total. The van der Waals surface area contributed by atoms with Crippen molar-refractivity contribution in [1.82, 2.24) is 10.6 Å². The molecule has 1 aliphatic rings. The fourth-order valence-electron chi connectivity index (χ4n) is 2.15. The van der Waals surface area contributed by atoms with Crippen molar-refractivity contribution in [2.75, 3.05) is 40.0 Å². The summed E-state index contributed by atoms with van der Waals surface area (Å²) >= 11 is 0. The van der Waals surface area contributed by atoms with Gasteiger partial charge in [0.15, 0.2) is 0 Å². The zero-order chi connectivity index (χ0) is 15.0. The SMILES string of the molecule is COCC(C)CNC(=O)NCC1(C(=O)O)CCOCC1. The van der Waals surface area contributed by atoms with Gasteiger partial charge in [-0.15, -0.1) is 0 Å². The first-order valence-electron chi connectivity index (χ1n) is 6.82. The number of carboxylic acids is 1. The molecule has 2 amide bonds. The predicted molar refractivity (Wildman–Crippen MR) is 72.6 cm³/mol. The first kappa shape index (κ1) is 16.7. The molecule has 0 radical (unpaired) electrons. The topological polar surface area (TPSA) is 96.9 Å². The number of methoxy groups -OCH3 is 1. The molecule has 0 bridgehead atoms. The third-order valence-electron chi connectivity index (χ3n) is 3.55. The van der Waals surface area contributed by atoms with Gasteiger partial charge in [-0.3, -0.25) is 4.79 Å². The molecule has 0 aromatic heterocycles. The van der Waals surface area contributed by atoms with Crippen molar-refractivity contribution < 1.29 is 24.2 Å². The van der Waals surface area contributed by atoms with Gasteiger partial charge in [-0.1, -0.05) is 6.92 Å². The van der Waals surface area contributed by atoms with Crippen molar-refractivity contribution in [3.8, 4) is 0 Å². The second-order valence-corrected chi connectivity index (χ2v) is 5.32. The van der Waals surface area contributed by atoms with Crippen LogP contribution in [0.5, 0.6) is 0 Å². The van der Waals surface area contributed by atoms with Crippen LogP contribution in [0.25, 0.3) is 0 Å². The number of carbonyl (C=O) groups is 2. The predicted octanol–water partition coefficient (Wildman–Crippen LogP) is 0.450. The van der Waals surface area contributed by atoms with E-state index < -0.39 is 11.4 Å². The van der Waals surface area contributed by atoms with Crippen LogP contribution in [0, 0.1) is 11.3 Å². The fraction of sp³-hybridized carbons (Fsp3) is 0.846. The van der Waals surface area contributed by atoms with Crippen LogP contribution in [0.15, 0.2) is 0 Å². The van der Waals surface area contributed by atoms with E-state index in [2.05, 4.69) is 10.6 Å². The number of aliphatic carboxylic acids is 1. The van der Waals surface area contributed by atoms with Crippen molar-refractivity contribution in [3.05, 3.63) is 0 Å². The molecule has 1 heterocycles. The highest BCUT2D eigenvalue weighted by Crippen LogP contribution is 2.29. The zero-order valence-electron chi connectivity index (χ0n) is 12.1. The third kappa shape index (κ3) is 4.97. The number of ether oxygens (including phenoxy) is 2. The van der Waals surface area contributed by atoms with Crippen LogP contribution in [-0.4, -0.2) is 57.1 Å². The van der Waals surface area contributed by atoms with Gasteiger partial charge in [-0.2, -0.15) is 0 Å². The molecule has 0 saturated carbocycles. The maximum atomic E-state index is 11.7. The highest BCUT2D eigenvalue weighted by molar-refractivity contribution is 5.78. The molecule has 1 saturated heterocycles. The summed E-state index contributed by atoms with van der Waals surface area (Å²) in [5.74, 6) is -0.670. The molecular weight excluding hydrogens is 264 g/mol. The normalized spacial score (nSPS) is 19.1. The summed E-state index contributed by atoms with van der Waals surface area (Å²) in [7, 11) is 1.61. The largest absolute Gasteiger partial charge is 0.481 e. The lowest BCUT2D eigenvalue weighted by atomic mass is 9.80. The zero-order valence-corrected chi connectivity index (χ0v) is 12.1. The van der Waals surface area contributed by atoms with Crippen LogP contribution in [0.4, 0.5) is 4.79 Å². The fourth-order valence-corrected chi connectivity index (χ4v) is 2.15. The summed E-state index contributed by atoms with van der Waals surface area (Å²) in [4.78, 5) is 23.1. The second-order valence-electron chi connectivity index (χ2n) is 5.32. The van der Waals surface area contributed by atoms with Crippen molar-refractivity contribution in [1.29, 1.82) is 0 Å². The average Bonchev–Trinajstić information content (AvgIpc) is 2.44. The van der Waals surface area contributed by atoms with E-state index in [9.17, 15) is 14.7 Å². The lowest BCUT2D eigenvalue weighted by Gasteiger charge is -2.33. The van der Waals surface area contributed by atoms with Crippen molar-refractivity contribution in [2.24, 2.45) is 11.3 Å². The number of nitrogens with one attached hydrogen (secondary N) is 2. The first-order valence-corrected chi connectivity index (χ1v) is 6.82. The maximum Gasteiger partial charge on any atom is 0.314 e. The Kier molecular flexibility index (Phi) is 6.74. The lowest BCUT2D eigenvalue weighted by Crippen LogP contribution is -2.49. The molecule has 20 heavy (non-hydrogen) atoms. The summed E-state index contributed by atoms with van der Waals surface area (Å²) in [6.07, 6.45) is 0.839. The van der Waals surface area contributed by atoms with Gasteiger partial charge >= 0.3 is 12.0 Å². The minimum absolute atomic E-state index is 0.121. The van der Waals surface area contributed by atoms with Gasteiger partial charge in [0.2, 0.25) is 0 Å². The van der Waals surface area contributed by atoms with Crippen molar-refractivity contribution in [2.45, 2.75) is 19.8 Å². The van der Waals surface area contributed by atoms with Gasteiger partial charge in [0.25, 0.3) is 0 Å². The average molecular weight is 288 g/mol. The van der Waals surface area contributed by atoms with E-state index in [1.54, 1.807) is 7.11 Å².